The largest absolute Gasteiger partial charge is 0.495 e. The maximum absolute atomic E-state index is 12.3. The first-order valence-electron chi connectivity index (χ1n) is 6.53. The van der Waals surface area contributed by atoms with E-state index in [4.69, 9.17) is 15.2 Å². The van der Waals surface area contributed by atoms with Gasteiger partial charge in [0.05, 0.1) is 14.2 Å². The van der Waals surface area contributed by atoms with Crippen molar-refractivity contribution in [2.75, 3.05) is 20.8 Å². The van der Waals surface area contributed by atoms with Gasteiger partial charge in [-0.3, -0.25) is 4.79 Å². The molecule has 1 atom stereocenters. The van der Waals surface area contributed by atoms with Crippen LogP contribution in [0.2, 0.25) is 0 Å². The monoisotopic (exact) mass is 342 g/mol. The van der Waals surface area contributed by atoms with Crippen LogP contribution in [0.4, 0.5) is 0 Å². The Balaban J connectivity index is 2.20. The van der Waals surface area contributed by atoms with Gasteiger partial charge in [0.2, 0.25) is 0 Å². The highest BCUT2D eigenvalue weighted by atomic mass is 79.9. The second-order valence-electron chi connectivity index (χ2n) is 4.85. The van der Waals surface area contributed by atoms with Crippen LogP contribution in [-0.2, 0) is 0 Å². The van der Waals surface area contributed by atoms with Crippen LogP contribution in [0, 0.1) is 5.92 Å². The molecule has 20 heavy (non-hydrogen) atoms. The van der Waals surface area contributed by atoms with Gasteiger partial charge in [-0.05, 0) is 46.8 Å². The molecular weight excluding hydrogens is 324 g/mol. The minimum Gasteiger partial charge on any atom is -0.495 e. The molecule has 0 bridgehead atoms. The number of rotatable bonds is 6. The zero-order valence-corrected chi connectivity index (χ0v) is 13.2. The van der Waals surface area contributed by atoms with Crippen molar-refractivity contribution in [2.45, 2.75) is 18.9 Å². The summed E-state index contributed by atoms with van der Waals surface area (Å²) in [7, 11) is 3.10. The van der Waals surface area contributed by atoms with Gasteiger partial charge in [-0.2, -0.15) is 0 Å². The van der Waals surface area contributed by atoms with E-state index < -0.39 is 0 Å². The van der Waals surface area contributed by atoms with Crippen LogP contribution >= 0.6 is 15.9 Å². The van der Waals surface area contributed by atoms with Crippen LogP contribution in [0.5, 0.6) is 11.5 Å². The third-order valence-corrected chi connectivity index (χ3v) is 4.25. The molecule has 1 aromatic carbocycles. The van der Waals surface area contributed by atoms with E-state index in [1.54, 1.807) is 26.4 Å². The molecule has 1 unspecified atom stereocenters. The molecule has 0 radical (unpaired) electrons. The van der Waals surface area contributed by atoms with Gasteiger partial charge in [0, 0.05) is 18.2 Å². The smallest absolute Gasteiger partial charge is 0.251 e. The standard InChI is InChI=1S/C14H19BrN2O3/c1-19-11-5-9(6-12(20-2)13(11)15)14(18)17-10(7-16)8-3-4-8/h5-6,8,10H,3-4,7,16H2,1-2H3,(H,17,18). The highest BCUT2D eigenvalue weighted by molar-refractivity contribution is 9.10. The SMILES string of the molecule is COc1cc(C(=O)NC(CN)C2CC2)cc(OC)c1Br. The number of amides is 1. The molecule has 0 aromatic heterocycles. The summed E-state index contributed by atoms with van der Waals surface area (Å²) in [5.41, 5.74) is 6.21. The van der Waals surface area contributed by atoms with E-state index in [0.29, 0.717) is 34.0 Å². The average molecular weight is 343 g/mol. The summed E-state index contributed by atoms with van der Waals surface area (Å²) in [6.07, 6.45) is 2.27. The van der Waals surface area contributed by atoms with Crippen LogP contribution in [0.1, 0.15) is 23.2 Å². The number of methoxy groups -OCH3 is 2. The average Bonchev–Trinajstić information content (AvgIpc) is 3.29. The molecule has 1 aliphatic rings. The highest BCUT2D eigenvalue weighted by Crippen LogP contribution is 2.36. The number of ether oxygens (including phenoxy) is 2. The number of carbonyl (C=O) groups is 1. The van der Waals surface area contributed by atoms with E-state index in [-0.39, 0.29) is 11.9 Å². The van der Waals surface area contributed by atoms with Crippen molar-refractivity contribution in [1.29, 1.82) is 0 Å². The van der Waals surface area contributed by atoms with Gasteiger partial charge in [0.25, 0.3) is 5.91 Å². The fourth-order valence-corrected chi connectivity index (χ4v) is 2.67. The minimum atomic E-state index is -0.156. The first kappa shape index (κ1) is 15.1. The van der Waals surface area contributed by atoms with Gasteiger partial charge in [-0.15, -0.1) is 0 Å². The second-order valence-corrected chi connectivity index (χ2v) is 5.64. The Bertz CT molecular complexity index is 478. The van der Waals surface area contributed by atoms with Crippen molar-refractivity contribution in [3.8, 4) is 11.5 Å². The van der Waals surface area contributed by atoms with Gasteiger partial charge in [-0.1, -0.05) is 0 Å². The molecule has 0 heterocycles. The third kappa shape index (κ3) is 3.24. The van der Waals surface area contributed by atoms with Crippen molar-refractivity contribution >= 4 is 21.8 Å². The van der Waals surface area contributed by atoms with Crippen molar-refractivity contribution < 1.29 is 14.3 Å². The predicted molar refractivity (Wildman–Crippen MR) is 80.3 cm³/mol. The first-order chi connectivity index (χ1) is 9.60. The number of nitrogens with one attached hydrogen (secondary N) is 1. The number of hydrogen-bond donors (Lipinski definition) is 2. The molecule has 6 heteroatoms. The fraction of sp³-hybridized carbons (Fsp3) is 0.500. The Morgan fingerprint density at radius 3 is 2.35 bits per heavy atom. The topological polar surface area (TPSA) is 73.6 Å². The fourth-order valence-electron chi connectivity index (χ4n) is 2.12. The molecule has 2 rings (SSSR count). The summed E-state index contributed by atoms with van der Waals surface area (Å²) in [5, 5.41) is 2.98. The molecule has 0 spiro atoms. The van der Waals surface area contributed by atoms with E-state index in [9.17, 15) is 4.79 Å². The van der Waals surface area contributed by atoms with Gasteiger partial charge in [0.15, 0.2) is 0 Å². The lowest BCUT2D eigenvalue weighted by Crippen LogP contribution is -2.41. The number of hydrogen-bond acceptors (Lipinski definition) is 4. The van der Waals surface area contributed by atoms with E-state index >= 15 is 0 Å². The van der Waals surface area contributed by atoms with Gasteiger partial charge in [-0.25, -0.2) is 0 Å². The van der Waals surface area contributed by atoms with Crippen LogP contribution in [0.25, 0.3) is 0 Å². The Morgan fingerprint density at radius 2 is 1.95 bits per heavy atom. The Labute approximate surface area is 126 Å². The molecule has 1 aliphatic carbocycles. The van der Waals surface area contributed by atoms with Crippen molar-refractivity contribution in [1.82, 2.24) is 5.32 Å². The Kier molecular flexibility index (Phi) is 4.88. The number of halogens is 1. The van der Waals surface area contributed by atoms with E-state index in [1.807, 2.05) is 0 Å². The third-order valence-electron chi connectivity index (χ3n) is 3.47. The zero-order chi connectivity index (χ0) is 14.7. The summed E-state index contributed by atoms with van der Waals surface area (Å²) >= 11 is 3.38. The van der Waals surface area contributed by atoms with E-state index in [0.717, 1.165) is 12.8 Å². The molecule has 1 fully saturated rings. The molecule has 1 saturated carbocycles. The molecule has 0 saturated heterocycles. The Hall–Kier alpha value is -1.27. The molecule has 1 aromatic rings. The van der Waals surface area contributed by atoms with Crippen molar-refractivity contribution in [3.05, 3.63) is 22.2 Å². The van der Waals surface area contributed by atoms with Crippen LogP contribution in [0.3, 0.4) is 0 Å². The Morgan fingerprint density at radius 1 is 1.40 bits per heavy atom. The summed E-state index contributed by atoms with van der Waals surface area (Å²) in [6.45, 7) is 0.460. The quantitative estimate of drug-likeness (QED) is 0.828. The second kappa shape index (κ2) is 6.45. The summed E-state index contributed by atoms with van der Waals surface area (Å²) in [5.74, 6) is 1.48. The lowest BCUT2D eigenvalue weighted by molar-refractivity contribution is 0.0932. The maximum atomic E-state index is 12.3. The molecule has 1 amide bonds. The van der Waals surface area contributed by atoms with Crippen LogP contribution in [0.15, 0.2) is 16.6 Å². The number of nitrogens with two attached hydrogens (primary N) is 1. The lowest BCUT2D eigenvalue weighted by atomic mass is 10.1. The zero-order valence-electron chi connectivity index (χ0n) is 11.6. The first-order valence-corrected chi connectivity index (χ1v) is 7.32. The molecular formula is C14H19BrN2O3. The molecule has 3 N–H and O–H groups in total. The summed E-state index contributed by atoms with van der Waals surface area (Å²) in [6, 6.07) is 3.41. The predicted octanol–water partition coefficient (Wildman–Crippen LogP) is 1.93. The maximum Gasteiger partial charge on any atom is 0.251 e. The van der Waals surface area contributed by atoms with Crippen LogP contribution < -0.4 is 20.5 Å². The van der Waals surface area contributed by atoms with Crippen molar-refractivity contribution in [2.24, 2.45) is 11.7 Å². The number of benzene rings is 1. The van der Waals surface area contributed by atoms with Crippen molar-refractivity contribution in [3.63, 3.8) is 0 Å². The lowest BCUT2D eigenvalue weighted by Gasteiger charge is -2.17. The summed E-state index contributed by atoms with van der Waals surface area (Å²) in [4.78, 5) is 12.3. The van der Waals surface area contributed by atoms with E-state index in [1.165, 1.54) is 0 Å². The summed E-state index contributed by atoms with van der Waals surface area (Å²) < 4.78 is 11.2. The van der Waals surface area contributed by atoms with Gasteiger partial charge in [0.1, 0.15) is 16.0 Å². The van der Waals surface area contributed by atoms with E-state index in [2.05, 4.69) is 21.2 Å². The number of carbonyl (C=O) groups excluding carboxylic acids is 1. The molecule has 110 valence electrons. The highest BCUT2D eigenvalue weighted by Gasteiger charge is 2.31. The molecule has 5 nitrogen and oxygen atoms in total. The molecule has 0 aliphatic heterocycles. The normalized spacial score (nSPS) is 15.6. The van der Waals surface area contributed by atoms with Gasteiger partial charge < -0.3 is 20.5 Å². The van der Waals surface area contributed by atoms with Crippen LogP contribution in [-0.4, -0.2) is 32.7 Å². The minimum absolute atomic E-state index is 0.0446. The van der Waals surface area contributed by atoms with Gasteiger partial charge >= 0.3 is 0 Å².